The molecule has 15 heavy (non-hydrogen) atoms. The summed E-state index contributed by atoms with van der Waals surface area (Å²) in [6.07, 6.45) is 3.61. The summed E-state index contributed by atoms with van der Waals surface area (Å²) in [5.41, 5.74) is 0.334. The van der Waals surface area contributed by atoms with Gasteiger partial charge in [-0.2, -0.15) is 4.98 Å². The van der Waals surface area contributed by atoms with Crippen molar-refractivity contribution in [3.63, 3.8) is 0 Å². The first-order valence-electron chi connectivity index (χ1n) is 4.56. The molecule has 0 saturated heterocycles. The van der Waals surface area contributed by atoms with Gasteiger partial charge in [-0.15, -0.1) is 0 Å². The third-order valence-electron chi connectivity index (χ3n) is 1.81. The van der Waals surface area contributed by atoms with Crippen LogP contribution in [0.5, 0.6) is 0 Å². The molecular formula is C9H13N3O3. The molecule has 0 bridgehead atoms. The maximum atomic E-state index is 10.4. The summed E-state index contributed by atoms with van der Waals surface area (Å²) < 4.78 is 4.79. The third-order valence-corrected chi connectivity index (χ3v) is 1.81. The lowest BCUT2D eigenvalue weighted by atomic mass is 10.3. The summed E-state index contributed by atoms with van der Waals surface area (Å²) in [4.78, 5) is 14.3. The third kappa shape index (κ3) is 4.37. The van der Waals surface area contributed by atoms with Crippen molar-refractivity contribution in [1.82, 2.24) is 15.5 Å². The predicted molar refractivity (Wildman–Crippen MR) is 52.3 cm³/mol. The Morgan fingerprint density at radius 3 is 3.13 bits per heavy atom. The molecule has 82 valence electrons. The maximum absolute atomic E-state index is 10.4. The van der Waals surface area contributed by atoms with E-state index in [1.54, 1.807) is 13.0 Å². The van der Waals surface area contributed by atoms with Crippen molar-refractivity contribution in [1.29, 1.82) is 0 Å². The van der Waals surface area contributed by atoms with Crippen LogP contribution in [-0.2, 0) is 11.2 Å². The monoisotopic (exact) mass is 211 g/mol. The summed E-state index contributed by atoms with van der Waals surface area (Å²) in [6, 6.07) is 0. The fourth-order valence-electron chi connectivity index (χ4n) is 0.916. The van der Waals surface area contributed by atoms with Crippen molar-refractivity contribution >= 4 is 5.97 Å². The van der Waals surface area contributed by atoms with Gasteiger partial charge in [-0.1, -0.05) is 11.2 Å². The lowest BCUT2D eigenvalue weighted by Crippen LogP contribution is -2.18. The Morgan fingerprint density at radius 2 is 2.53 bits per heavy atom. The zero-order chi connectivity index (χ0) is 11.1. The second-order valence-electron chi connectivity index (χ2n) is 2.98. The summed E-state index contributed by atoms with van der Waals surface area (Å²) in [5.74, 6) is -0.324. The number of hydrogen-bond acceptors (Lipinski definition) is 5. The molecule has 0 saturated carbocycles. The van der Waals surface area contributed by atoms with Crippen LogP contribution in [0.3, 0.4) is 0 Å². The van der Waals surface area contributed by atoms with Crippen molar-refractivity contribution in [2.75, 3.05) is 13.1 Å². The molecular weight excluding hydrogens is 198 g/mol. The van der Waals surface area contributed by atoms with Crippen molar-refractivity contribution in [2.45, 2.75) is 13.3 Å². The fraction of sp³-hybridized carbons (Fsp3) is 0.444. The molecule has 0 aliphatic carbocycles. The number of carbonyl (C=O) groups is 1. The van der Waals surface area contributed by atoms with Gasteiger partial charge in [-0.3, -0.25) is 0 Å². The van der Waals surface area contributed by atoms with E-state index in [0.29, 0.717) is 31.0 Å². The van der Waals surface area contributed by atoms with Crippen LogP contribution in [0, 0.1) is 0 Å². The smallest absolute Gasteiger partial charge is 0.330 e. The van der Waals surface area contributed by atoms with Crippen molar-refractivity contribution < 1.29 is 14.4 Å². The van der Waals surface area contributed by atoms with E-state index in [9.17, 15) is 4.79 Å². The number of rotatable bonds is 6. The molecule has 1 aromatic heterocycles. The van der Waals surface area contributed by atoms with E-state index in [4.69, 9.17) is 9.63 Å². The number of aromatic nitrogens is 2. The van der Waals surface area contributed by atoms with Gasteiger partial charge in [0, 0.05) is 25.1 Å². The number of nitrogens with one attached hydrogen (secondary N) is 1. The number of carboxylic acid groups (broad SMARTS) is 1. The van der Waals surface area contributed by atoms with Gasteiger partial charge in [-0.05, 0) is 6.92 Å². The number of hydrogen-bond donors (Lipinski definition) is 2. The Balaban J connectivity index is 2.12. The summed E-state index contributed by atoms with van der Waals surface area (Å²) in [5, 5.41) is 15.1. The molecule has 0 atom stereocenters. The number of carboxylic acids is 1. The highest BCUT2D eigenvalue weighted by Gasteiger charge is 1.99. The first-order chi connectivity index (χ1) is 7.20. The molecule has 0 radical (unpaired) electrons. The van der Waals surface area contributed by atoms with E-state index < -0.39 is 5.97 Å². The Hall–Kier alpha value is -1.69. The van der Waals surface area contributed by atoms with E-state index in [-0.39, 0.29) is 0 Å². The van der Waals surface area contributed by atoms with Gasteiger partial charge in [0.15, 0.2) is 6.33 Å². The minimum atomic E-state index is -0.895. The van der Waals surface area contributed by atoms with Gasteiger partial charge in [0.05, 0.1) is 0 Å². The van der Waals surface area contributed by atoms with Crippen LogP contribution in [-0.4, -0.2) is 34.3 Å². The van der Waals surface area contributed by atoms with Crippen LogP contribution < -0.4 is 5.32 Å². The van der Waals surface area contributed by atoms with Gasteiger partial charge in [0.25, 0.3) is 0 Å². The van der Waals surface area contributed by atoms with Crippen LogP contribution in [0.2, 0.25) is 0 Å². The lowest BCUT2D eigenvalue weighted by Gasteiger charge is -1.98. The van der Waals surface area contributed by atoms with E-state index in [1.807, 2.05) is 0 Å². The van der Waals surface area contributed by atoms with Crippen molar-refractivity contribution in [3.8, 4) is 0 Å². The Morgan fingerprint density at radius 1 is 1.73 bits per heavy atom. The van der Waals surface area contributed by atoms with Crippen molar-refractivity contribution in [2.24, 2.45) is 0 Å². The number of nitrogens with zero attached hydrogens (tertiary/aromatic N) is 2. The van der Waals surface area contributed by atoms with E-state index in [2.05, 4.69) is 15.5 Å². The predicted octanol–water partition coefficient (Wildman–Crippen LogP) is 0.233. The van der Waals surface area contributed by atoms with Crippen LogP contribution in [0.4, 0.5) is 0 Å². The maximum Gasteiger partial charge on any atom is 0.330 e. The normalized spacial score (nSPS) is 11.7. The molecule has 0 aliphatic rings. The van der Waals surface area contributed by atoms with Crippen LogP contribution in [0.15, 0.2) is 22.5 Å². The first kappa shape index (κ1) is 11.4. The molecule has 6 heteroatoms. The molecule has 1 rings (SSSR count). The molecule has 2 N–H and O–H groups in total. The van der Waals surface area contributed by atoms with Crippen LogP contribution in [0.25, 0.3) is 0 Å². The fourth-order valence-corrected chi connectivity index (χ4v) is 0.916. The van der Waals surface area contributed by atoms with Crippen molar-refractivity contribution in [3.05, 3.63) is 23.9 Å². The first-order valence-corrected chi connectivity index (χ1v) is 4.56. The Bertz CT molecular complexity index is 332. The largest absolute Gasteiger partial charge is 0.478 e. The molecule has 6 nitrogen and oxygen atoms in total. The van der Waals surface area contributed by atoms with Crippen LogP contribution in [0.1, 0.15) is 12.8 Å². The van der Waals surface area contributed by atoms with E-state index in [0.717, 1.165) is 0 Å². The molecule has 0 spiro atoms. The van der Waals surface area contributed by atoms with Gasteiger partial charge in [0.1, 0.15) is 0 Å². The van der Waals surface area contributed by atoms with Gasteiger partial charge in [0.2, 0.25) is 5.89 Å². The number of aliphatic carboxylic acids is 1. The lowest BCUT2D eigenvalue weighted by molar-refractivity contribution is -0.132. The molecule has 0 unspecified atom stereocenters. The molecule has 1 heterocycles. The van der Waals surface area contributed by atoms with Crippen LogP contribution >= 0.6 is 0 Å². The standard InChI is InChI=1S/C9H13N3O3/c1-7(9(13)14)2-4-10-5-3-8-11-6-12-15-8/h2,6,10H,3-5H2,1H3,(H,13,14). The molecule has 1 aromatic rings. The topological polar surface area (TPSA) is 88.3 Å². The molecule has 0 amide bonds. The average Bonchev–Trinajstić information content (AvgIpc) is 2.69. The highest BCUT2D eigenvalue weighted by atomic mass is 16.5. The minimum absolute atomic E-state index is 0.334. The Kier molecular flexibility index (Phi) is 4.49. The zero-order valence-corrected chi connectivity index (χ0v) is 8.43. The zero-order valence-electron chi connectivity index (χ0n) is 8.43. The van der Waals surface area contributed by atoms with E-state index >= 15 is 0 Å². The average molecular weight is 211 g/mol. The highest BCUT2D eigenvalue weighted by molar-refractivity contribution is 5.85. The minimum Gasteiger partial charge on any atom is -0.478 e. The summed E-state index contributed by atoms with van der Waals surface area (Å²) >= 11 is 0. The van der Waals surface area contributed by atoms with Gasteiger partial charge in [-0.25, -0.2) is 4.79 Å². The molecule has 0 aromatic carbocycles. The molecule has 0 aliphatic heterocycles. The summed E-state index contributed by atoms with van der Waals surface area (Å²) in [6.45, 7) is 2.75. The SMILES string of the molecule is CC(=CCNCCc1ncno1)C(=O)O. The van der Waals surface area contributed by atoms with E-state index in [1.165, 1.54) is 6.33 Å². The summed E-state index contributed by atoms with van der Waals surface area (Å²) in [7, 11) is 0. The highest BCUT2D eigenvalue weighted by Crippen LogP contribution is 1.92. The second kappa shape index (κ2) is 5.92. The second-order valence-corrected chi connectivity index (χ2v) is 2.98. The van der Waals surface area contributed by atoms with Gasteiger partial charge >= 0.3 is 5.97 Å². The quantitative estimate of drug-likeness (QED) is 0.517. The molecule has 0 fully saturated rings. The van der Waals surface area contributed by atoms with Gasteiger partial charge < -0.3 is 14.9 Å². The Labute approximate surface area is 87.0 Å².